The third-order valence-corrected chi connectivity index (χ3v) is 1.72. The van der Waals surface area contributed by atoms with E-state index < -0.39 is 12.0 Å². The molecule has 1 atom stereocenters. The number of nitrogens with two attached hydrogens (primary N) is 2. The summed E-state index contributed by atoms with van der Waals surface area (Å²) in [4.78, 5) is 24.6. The van der Waals surface area contributed by atoms with Gasteiger partial charge in [-0.05, 0) is 11.6 Å². The van der Waals surface area contributed by atoms with Gasteiger partial charge in [-0.2, -0.15) is 0 Å². The molecule has 0 amide bonds. The van der Waals surface area contributed by atoms with E-state index in [9.17, 15) is 9.59 Å². The minimum absolute atomic E-state index is 0.0568. The zero-order chi connectivity index (χ0) is 10.7. The van der Waals surface area contributed by atoms with Gasteiger partial charge in [0.1, 0.15) is 11.9 Å². The van der Waals surface area contributed by atoms with E-state index >= 15 is 0 Å². The molecule has 0 bridgehead atoms. The molecule has 0 saturated carbocycles. The average Bonchev–Trinajstić information content (AvgIpc) is 2.17. The molecular formula is C8H9N3O3. The minimum atomic E-state index is -1.19. The summed E-state index contributed by atoms with van der Waals surface area (Å²) in [6, 6.07) is 0.121. The molecule has 74 valence electrons. The van der Waals surface area contributed by atoms with E-state index in [1.165, 1.54) is 12.3 Å². The average molecular weight is 195 g/mol. The van der Waals surface area contributed by atoms with Crippen LogP contribution in [0.3, 0.4) is 0 Å². The highest BCUT2D eigenvalue weighted by atomic mass is 16.4. The monoisotopic (exact) mass is 195 g/mol. The number of carboxylic acids is 1. The van der Waals surface area contributed by atoms with Crippen molar-refractivity contribution in [2.24, 2.45) is 5.73 Å². The highest BCUT2D eigenvalue weighted by molar-refractivity contribution is 5.83. The fraction of sp³-hybridized carbons (Fsp3) is 0.125. The number of anilines is 1. The van der Waals surface area contributed by atoms with Crippen molar-refractivity contribution in [3.8, 4) is 0 Å². The molecule has 1 rings (SSSR count). The number of nitrogen functional groups attached to an aromatic ring is 1. The number of aliphatic carboxylic acids is 1. The summed E-state index contributed by atoms with van der Waals surface area (Å²) < 4.78 is 0. The van der Waals surface area contributed by atoms with Crippen LogP contribution in [0.5, 0.6) is 0 Å². The van der Waals surface area contributed by atoms with E-state index in [2.05, 4.69) is 4.98 Å². The van der Waals surface area contributed by atoms with Crippen LogP contribution in [-0.2, 0) is 4.79 Å². The Hall–Kier alpha value is -1.95. The van der Waals surface area contributed by atoms with Crippen LogP contribution in [0.1, 0.15) is 22.0 Å². The molecule has 0 radical (unpaired) electrons. The quantitative estimate of drug-likeness (QED) is 0.562. The Bertz CT molecular complexity index is 378. The van der Waals surface area contributed by atoms with Crippen molar-refractivity contribution < 1.29 is 14.7 Å². The summed E-state index contributed by atoms with van der Waals surface area (Å²) in [5.41, 5.74) is 11.0. The molecule has 6 nitrogen and oxygen atoms in total. The Labute approximate surface area is 79.5 Å². The van der Waals surface area contributed by atoms with Crippen LogP contribution in [0.4, 0.5) is 5.82 Å². The number of carbonyl (C=O) groups excluding carboxylic acids is 1. The lowest BCUT2D eigenvalue weighted by Gasteiger charge is -2.07. The van der Waals surface area contributed by atoms with Crippen molar-refractivity contribution >= 4 is 18.1 Å². The van der Waals surface area contributed by atoms with Gasteiger partial charge in [-0.15, -0.1) is 0 Å². The van der Waals surface area contributed by atoms with E-state index in [0.717, 1.165) is 0 Å². The number of hydrogen-bond acceptors (Lipinski definition) is 5. The van der Waals surface area contributed by atoms with Gasteiger partial charge in [0, 0.05) is 6.20 Å². The maximum Gasteiger partial charge on any atom is 0.325 e. The second kappa shape index (κ2) is 3.84. The molecule has 0 fully saturated rings. The van der Waals surface area contributed by atoms with Crippen LogP contribution in [0.15, 0.2) is 12.3 Å². The predicted octanol–water partition coefficient (Wildman–Crippen LogP) is -0.439. The van der Waals surface area contributed by atoms with Gasteiger partial charge in [0.05, 0.1) is 5.56 Å². The Balaban J connectivity index is 3.12. The second-order valence-electron chi connectivity index (χ2n) is 2.68. The first-order chi connectivity index (χ1) is 6.56. The molecule has 0 aliphatic rings. The number of pyridine rings is 1. The molecule has 6 heteroatoms. The van der Waals surface area contributed by atoms with Crippen LogP contribution in [0.25, 0.3) is 0 Å². The Kier molecular flexibility index (Phi) is 2.78. The second-order valence-corrected chi connectivity index (χ2v) is 2.68. The van der Waals surface area contributed by atoms with Crippen LogP contribution < -0.4 is 11.5 Å². The van der Waals surface area contributed by atoms with Crippen molar-refractivity contribution in [2.75, 3.05) is 5.73 Å². The number of rotatable bonds is 3. The van der Waals surface area contributed by atoms with Crippen LogP contribution in [0, 0.1) is 0 Å². The third kappa shape index (κ3) is 1.86. The molecule has 1 aromatic rings. The summed E-state index contributed by atoms with van der Waals surface area (Å²) in [6.45, 7) is 0. The van der Waals surface area contributed by atoms with E-state index in [4.69, 9.17) is 16.6 Å². The Morgan fingerprint density at radius 2 is 2.29 bits per heavy atom. The minimum Gasteiger partial charge on any atom is -0.480 e. The van der Waals surface area contributed by atoms with E-state index in [1.807, 2.05) is 0 Å². The number of nitrogens with zero attached hydrogens (tertiary/aromatic N) is 1. The molecule has 0 unspecified atom stereocenters. The Morgan fingerprint density at radius 3 is 2.79 bits per heavy atom. The van der Waals surface area contributed by atoms with Crippen molar-refractivity contribution in [2.45, 2.75) is 6.04 Å². The molecule has 0 aliphatic carbocycles. The van der Waals surface area contributed by atoms with Crippen molar-refractivity contribution in [1.29, 1.82) is 0 Å². The summed E-state index contributed by atoms with van der Waals surface area (Å²) in [7, 11) is 0. The lowest BCUT2D eigenvalue weighted by Crippen LogP contribution is -2.21. The van der Waals surface area contributed by atoms with Gasteiger partial charge in [-0.3, -0.25) is 9.59 Å². The fourth-order valence-electron chi connectivity index (χ4n) is 0.916. The number of carboxylic acid groups (broad SMARTS) is 1. The summed E-state index contributed by atoms with van der Waals surface area (Å²) in [5.74, 6) is -1.13. The number of aldehydes is 1. The van der Waals surface area contributed by atoms with Gasteiger partial charge < -0.3 is 16.6 Å². The maximum absolute atomic E-state index is 10.5. The molecule has 5 N–H and O–H groups in total. The largest absolute Gasteiger partial charge is 0.480 e. The predicted molar refractivity (Wildman–Crippen MR) is 48.6 cm³/mol. The highest BCUT2D eigenvalue weighted by Crippen LogP contribution is 2.14. The lowest BCUT2D eigenvalue weighted by molar-refractivity contribution is -0.138. The fourth-order valence-corrected chi connectivity index (χ4v) is 0.916. The molecule has 1 aromatic heterocycles. The SMILES string of the molecule is Nc1ncc([C@@H](N)C(=O)O)cc1C=O. The lowest BCUT2D eigenvalue weighted by atomic mass is 10.1. The van der Waals surface area contributed by atoms with Gasteiger partial charge in [-0.1, -0.05) is 0 Å². The third-order valence-electron chi connectivity index (χ3n) is 1.72. The first-order valence-electron chi connectivity index (χ1n) is 3.75. The van der Waals surface area contributed by atoms with Crippen LogP contribution in [0.2, 0.25) is 0 Å². The van der Waals surface area contributed by atoms with E-state index in [1.54, 1.807) is 0 Å². The van der Waals surface area contributed by atoms with Crippen molar-refractivity contribution in [3.63, 3.8) is 0 Å². The van der Waals surface area contributed by atoms with E-state index in [-0.39, 0.29) is 16.9 Å². The molecular weight excluding hydrogens is 186 g/mol. The summed E-state index contributed by atoms with van der Waals surface area (Å²) in [6.07, 6.45) is 1.74. The zero-order valence-corrected chi connectivity index (χ0v) is 7.18. The maximum atomic E-state index is 10.5. The van der Waals surface area contributed by atoms with Gasteiger partial charge in [0.15, 0.2) is 6.29 Å². The number of aromatic nitrogens is 1. The topological polar surface area (TPSA) is 119 Å². The number of hydrogen-bond donors (Lipinski definition) is 3. The van der Waals surface area contributed by atoms with Crippen LogP contribution >= 0.6 is 0 Å². The van der Waals surface area contributed by atoms with Crippen molar-refractivity contribution in [1.82, 2.24) is 4.98 Å². The van der Waals surface area contributed by atoms with Gasteiger partial charge in [0.2, 0.25) is 0 Å². The van der Waals surface area contributed by atoms with Crippen molar-refractivity contribution in [3.05, 3.63) is 23.4 Å². The van der Waals surface area contributed by atoms with Gasteiger partial charge in [-0.25, -0.2) is 4.98 Å². The number of carbonyl (C=O) groups is 2. The first-order valence-corrected chi connectivity index (χ1v) is 3.75. The normalized spacial score (nSPS) is 12.1. The molecule has 0 spiro atoms. The summed E-state index contributed by atoms with van der Waals surface area (Å²) in [5, 5.41) is 8.60. The van der Waals surface area contributed by atoms with Gasteiger partial charge >= 0.3 is 5.97 Å². The molecule has 0 aliphatic heterocycles. The summed E-state index contributed by atoms with van der Waals surface area (Å²) >= 11 is 0. The molecule has 0 aromatic carbocycles. The Morgan fingerprint density at radius 1 is 1.64 bits per heavy atom. The zero-order valence-electron chi connectivity index (χ0n) is 7.18. The molecule has 0 saturated heterocycles. The van der Waals surface area contributed by atoms with Gasteiger partial charge in [0.25, 0.3) is 0 Å². The standard InChI is InChI=1S/C8H9N3O3/c9-6(8(13)14)4-1-5(3-12)7(10)11-2-4/h1-3,6H,9H2,(H2,10,11)(H,13,14)/t6-/m1/s1. The van der Waals surface area contributed by atoms with Crippen LogP contribution in [-0.4, -0.2) is 22.3 Å². The molecule has 14 heavy (non-hydrogen) atoms. The first kappa shape index (κ1) is 10.1. The smallest absolute Gasteiger partial charge is 0.325 e. The van der Waals surface area contributed by atoms with E-state index in [0.29, 0.717) is 6.29 Å². The molecule has 1 heterocycles. The highest BCUT2D eigenvalue weighted by Gasteiger charge is 2.15.